The monoisotopic (exact) mass is 446 g/mol. The second-order valence-corrected chi connectivity index (χ2v) is 10.1. The van der Waals surface area contributed by atoms with Crippen molar-refractivity contribution in [2.75, 3.05) is 16.6 Å². The number of nitrogens with one attached hydrogen (secondary N) is 2. The zero-order valence-corrected chi connectivity index (χ0v) is 18.1. The second-order valence-electron chi connectivity index (χ2n) is 6.68. The van der Waals surface area contributed by atoms with Crippen LogP contribution in [0.4, 0.5) is 11.4 Å². The molecule has 3 aromatic rings. The van der Waals surface area contributed by atoms with E-state index in [0.717, 1.165) is 5.56 Å². The summed E-state index contributed by atoms with van der Waals surface area (Å²) in [4.78, 5) is -0.00272. The highest BCUT2D eigenvalue weighted by atomic mass is 32.2. The Balaban J connectivity index is 1.75. The van der Waals surface area contributed by atoms with Gasteiger partial charge in [0.05, 0.1) is 23.4 Å². The fraction of sp³-hybridized carbons (Fsp3) is 0.143. The molecule has 0 atom stereocenters. The summed E-state index contributed by atoms with van der Waals surface area (Å²) in [5, 5.41) is 0. The Labute approximate surface area is 176 Å². The Morgan fingerprint density at radius 1 is 0.833 bits per heavy atom. The van der Waals surface area contributed by atoms with Crippen LogP contribution in [0.5, 0.6) is 5.75 Å². The Hall–Kier alpha value is -3.04. The maximum absolute atomic E-state index is 12.7. The first-order valence-corrected chi connectivity index (χ1v) is 12.1. The summed E-state index contributed by atoms with van der Waals surface area (Å²) in [6.07, 6.45) is 0. The smallest absolute Gasteiger partial charge is 0.262 e. The van der Waals surface area contributed by atoms with Crippen LogP contribution in [0.15, 0.2) is 77.7 Å². The van der Waals surface area contributed by atoms with Gasteiger partial charge in [0.15, 0.2) is 0 Å². The number of benzene rings is 3. The van der Waals surface area contributed by atoms with E-state index in [1.807, 2.05) is 19.1 Å². The van der Waals surface area contributed by atoms with E-state index in [4.69, 9.17) is 4.74 Å². The summed E-state index contributed by atoms with van der Waals surface area (Å²) >= 11 is 0. The molecule has 0 radical (unpaired) electrons. The van der Waals surface area contributed by atoms with Crippen molar-refractivity contribution >= 4 is 31.4 Å². The zero-order chi connectivity index (χ0) is 21.8. The number of methoxy groups -OCH3 is 1. The number of sulfonamides is 2. The first-order valence-electron chi connectivity index (χ1n) is 9.00. The summed E-state index contributed by atoms with van der Waals surface area (Å²) in [5.74, 6) is 0.220. The summed E-state index contributed by atoms with van der Waals surface area (Å²) in [6, 6.07) is 19.4. The number of ether oxygens (including phenoxy) is 1. The summed E-state index contributed by atoms with van der Waals surface area (Å²) in [5.41, 5.74) is 2.13. The van der Waals surface area contributed by atoms with E-state index in [9.17, 15) is 16.8 Å². The molecule has 158 valence electrons. The fourth-order valence-electron chi connectivity index (χ4n) is 2.82. The largest absolute Gasteiger partial charge is 0.495 e. The highest BCUT2D eigenvalue weighted by molar-refractivity contribution is 7.92. The number of rotatable bonds is 8. The normalized spacial score (nSPS) is 11.7. The van der Waals surface area contributed by atoms with Crippen LogP contribution in [0.3, 0.4) is 0 Å². The van der Waals surface area contributed by atoms with Gasteiger partial charge in [0.2, 0.25) is 10.0 Å². The minimum atomic E-state index is -3.88. The number of anilines is 2. The van der Waals surface area contributed by atoms with Crippen LogP contribution in [-0.2, 0) is 25.8 Å². The topological polar surface area (TPSA) is 102 Å². The molecule has 0 spiro atoms. The van der Waals surface area contributed by atoms with E-state index in [-0.39, 0.29) is 16.3 Å². The van der Waals surface area contributed by atoms with E-state index in [1.54, 1.807) is 36.4 Å². The SMILES string of the molecule is COc1ccc(C)cc1NS(=O)(=O)c1ccc(NS(=O)(=O)Cc2ccccc2)cc1. The average Bonchev–Trinajstić information content (AvgIpc) is 2.68. The number of hydrogen-bond acceptors (Lipinski definition) is 5. The molecule has 0 heterocycles. The first-order chi connectivity index (χ1) is 14.2. The van der Waals surface area contributed by atoms with Crippen molar-refractivity contribution in [1.82, 2.24) is 0 Å². The molecule has 0 unspecified atom stereocenters. The number of aryl methyl sites for hydroxylation is 1. The molecule has 0 saturated heterocycles. The van der Waals surface area contributed by atoms with Crippen LogP contribution in [-0.4, -0.2) is 23.9 Å². The van der Waals surface area contributed by atoms with E-state index < -0.39 is 20.0 Å². The third kappa shape index (κ3) is 5.52. The van der Waals surface area contributed by atoms with Crippen molar-refractivity contribution in [3.63, 3.8) is 0 Å². The lowest BCUT2D eigenvalue weighted by atomic mass is 10.2. The van der Waals surface area contributed by atoms with Crippen LogP contribution < -0.4 is 14.2 Å². The van der Waals surface area contributed by atoms with Crippen LogP contribution in [0, 0.1) is 6.92 Å². The Morgan fingerprint density at radius 2 is 1.50 bits per heavy atom. The van der Waals surface area contributed by atoms with Crippen LogP contribution in [0.2, 0.25) is 0 Å². The molecule has 7 nitrogen and oxygen atoms in total. The van der Waals surface area contributed by atoms with Gasteiger partial charge in [0.25, 0.3) is 10.0 Å². The maximum Gasteiger partial charge on any atom is 0.262 e. The summed E-state index contributed by atoms with van der Waals surface area (Å²) in [7, 11) is -6.05. The van der Waals surface area contributed by atoms with Gasteiger partial charge in [0.1, 0.15) is 5.75 Å². The molecule has 3 aromatic carbocycles. The third-order valence-corrected chi connectivity index (χ3v) is 6.88. The van der Waals surface area contributed by atoms with Gasteiger partial charge in [-0.1, -0.05) is 36.4 Å². The molecular weight excluding hydrogens is 424 g/mol. The van der Waals surface area contributed by atoms with E-state index >= 15 is 0 Å². The molecule has 3 rings (SSSR count). The third-order valence-electron chi connectivity index (χ3n) is 4.24. The number of hydrogen-bond donors (Lipinski definition) is 2. The Morgan fingerprint density at radius 3 is 2.13 bits per heavy atom. The molecule has 0 aromatic heterocycles. The van der Waals surface area contributed by atoms with E-state index in [1.165, 1.54) is 31.4 Å². The fourth-order valence-corrected chi connectivity index (χ4v) is 5.08. The van der Waals surface area contributed by atoms with Crippen molar-refractivity contribution in [3.05, 3.63) is 83.9 Å². The van der Waals surface area contributed by atoms with Gasteiger partial charge < -0.3 is 4.74 Å². The van der Waals surface area contributed by atoms with Crippen molar-refractivity contribution < 1.29 is 21.6 Å². The predicted molar refractivity (Wildman–Crippen MR) is 118 cm³/mol. The lowest BCUT2D eigenvalue weighted by Gasteiger charge is -2.13. The van der Waals surface area contributed by atoms with E-state index in [0.29, 0.717) is 17.0 Å². The van der Waals surface area contributed by atoms with Gasteiger partial charge >= 0.3 is 0 Å². The first kappa shape index (κ1) is 21.7. The molecule has 0 fully saturated rings. The quantitative estimate of drug-likeness (QED) is 0.549. The van der Waals surface area contributed by atoms with Crippen LogP contribution in [0.1, 0.15) is 11.1 Å². The molecule has 0 aliphatic carbocycles. The summed E-state index contributed by atoms with van der Waals surface area (Å²) in [6.45, 7) is 1.84. The molecule has 30 heavy (non-hydrogen) atoms. The molecular formula is C21H22N2O5S2. The van der Waals surface area contributed by atoms with Crippen molar-refractivity contribution in [2.24, 2.45) is 0 Å². The molecule has 0 aliphatic rings. The summed E-state index contributed by atoms with van der Waals surface area (Å²) < 4.78 is 60.3. The van der Waals surface area contributed by atoms with Crippen molar-refractivity contribution in [1.29, 1.82) is 0 Å². The standard InChI is InChI=1S/C21H22N2O5S2/c1-16-8-13-21(28-2)20(14-16)23-30(26,27)19-11-9-18(10-12-19)22-29(24,25)15-17-6-4-3-5-7-17/h3-14,22-23H,15H2,1-2H3. The van der Waals surface area contributed by atoms with Crippen molar-refractivity contribution in [3.8, 4) is 5.75 Å². The van der Waals surface area contributed by atoms with Crippen molar-refractivity contribution in [2.45, 2.75) is 17.6 Å². The highest BCUT2D eigenvalue weighted by Crippen LogP contribution is 2.28. The lowest BCUT2D eigenvalue weighted by molar-refractivity contribution is 0.417. The zero-order valence-electron chi connectivity index (χ0n) is 16.5. The maximum atomic E-state index is 12.7. The van der Waals surface area contributed by atoms with Gasteiger partial charge in [-0.3, -0.25) is 9.44 Å². The minimum Gasteiger partial charge on any atom is -0.495 e. The van der Waals surface area contributed by atoms with Crippen LogP contribution >= 0.6 is 0 Å². The second kappa shape index (κ2) is 8.76. The molecule has 0 saturated carbocycles. The Bertz CT molecular complexity index is 1220. The molecule has 0 aliphatic heterocycles. The minimum absolute atomic E-state index is 0.00272. The predicted octanol–water partition coefficient (Wildman–Crippen LogP) is 3.75. The van der Waals surface area contributed by atoms with Gasteiger partial charge in [-0.25, -0.2) is 16.8 Å². The van der Waals surface area contributed by atoms with Gasteiger partial charge in [-0.2, -0.15) is 0 Å². The van der Waals surface area contributed by atoms with Gasteiger partial charge in [-0.15, -0.1) is 0 Å². The highest BCUT2D eigenvalue weighted by Gasteiger charge is 2.18. The lowest BCUT2D eigenvalue weighted by Crippen LogP contribution is -2.16. The molecule has 0 amide bonds. The van der Waals surface area contributed by atoms with Gasteiger partial charge in [-0.05, 0) is 54.4 Å². The van der Waals surface area contributed by atoms with Gasteiger partial charge in [0, 0.05) is 5.69 Å². The molecule has 2 N–H and O–H groups in total. The molecule has 9 heteroatoms. The molecule has 0 bridgehead atoms. The van der Waals surface area contributed by atoms with Crippen LogP contribution in [0.25, 0.3) is 0 Å². The Kier molecular flexibility index (Phi) is 6.33. The average molecular weight is 447 g/mol. The van der Waals surface area contributed by atoms with E-state index in [2.05, 4.69) is 9.44 Å².